The van der Waals surface area contributed by atoms with Gasteiger partial charge < -0.3 is 11.1 Å². The number of hydrogen-bond acceptors (Lipinski definition) is 3. The van der Waals surface area contributed by atoms with Gasteiger partial charge >= 0.3 is 0 Å². The number of nitrogens with one attached hydrogen (secondary N) is 1. The lowest BCUT2D eigenvalue weighted by Gasteiger charge is -2.38. The van der Waals surface area contributed by atoms with Gasteiger partial charge in [-0.1, -0.05) is 0 Å². The molecule has 3 rings (SSSR count). The summed E-state index contributed by atoms with van der Waals surface area (Å²) in [5, 5.41) is 7.58. The quantitative estimate of drug-likeness (QED) is 0.637. The molecule has 3 N–H and O–H groups in total. The van der Waals surface area contributed by atoms with Gasteiger partial charge in [0.25, 0.3) is 0 Å². The van der Waals surface area contributed by atoms with E-state index in [0.29, 0.717) is 24.0 Å². The Balaban J connectivity index is 1.70. The number of piperidine rings is 1. The van der Waals surface area contributed by atoms with E-state index in [-0.39, 0.29) is 0 Å². The molecule has 6 heteroatoms. The molecule has 0 aromatic carbocycles. The molecule has 1 saturated heterocycles. The molecule has 0 radical (unpaired) electrons. The van der Waals surface area contributed by atoms with E-state index in [0.717, 1.165) is 13.1 Å². The largest absolute Gasteiger partial charge is 0.370 e. The maximum Gasteiger partial charge on any atom is 0.188 e. The van der Waals surface area contributed by atoms with Crippen LogP contribution in [-0.2, 0) is 7.05 Å². The Morgan fingerprint density at radius 1 is 1.43 bits per heavy atom. The number of nitrogens with zero attached hydrogens (tertiary/aromatic N) is 4. The average molecular weight is 290 g/mol. The van der Waals surface area contributed by atoms with Gasteiger partial charge in [0.1, 0.15) is 0 Å². The summed E-state index contributed by atoms with van der Waals surface area (Å²) in [5.74, 6) is 1.10. The number of aryl methyl sites for hydroxylation is 1. The summed E-state index contributed by atoms with van der Waals surface area (Å²) in [7, 11) is 4.21. The van der Waals surface area contributed by atoms with Crippen molar-refractivity contribution in [3.05, 3.63) is 18.0 Å². The number of aliphatic imine (C=N–C) groups is 1. The molecule has 1 aromatic heterocycles. The number of guanidine groups is 1. The van der Waals surface area contributed by atoms with E-state index in [1.807, 2.05) is 17.9 Å². The Hall–Kier alpha value is -1.56. The summed E-state index contributed by atoms with van der Waals surface area (Å²) in [5.41, 5.74) is 7.24. The van der Waals surface area contributed by atoms with E-state index >= 15 is 0 Å². The van der Waals surface area contributed by atoms with Crippen LogP contribution in [0.3, 0.4) is 0 Å². The second-order valence-electron chi connectivity index (χ2n) is 6.35. The first-order valence-electron chi connectivity index (χ1n) is 7.89. The Bertz CT molecular complexity index is 504. The molecule has 2 aliphatic rings. The highest BCUT2D eigenvalue weighted by atomic mass is 15.3. The van der Waals surface area contributed by atoms with Gasteiger partial charge in [-0.05, 0) is 51.3 Å². The van der Waals surface area contributed by atoms with Gasteiger partial charge in [0.05, 0.1) is 11.7 Å². The third-order valence-corrected chi connectivity index (χ3v) is 4.59. The maximum atomic E-state index is 5.97. The summed E-state index contributed by atoms with van der Waals surface area (Å²) in [4.78, 5) is 7.00. The minimum absolute atomic E-state index is 0.378. The fourth-order valence-corrected chi connectivity index (χ4v) is 3.29. The zero-order chi connectivity index (χ0) is 14.8. The van der Waals surface area contributed by atoms with E-state index in [2.05, 4.69) is 33.4 Å². The highest BCUT2D eigenvalue weighted by Gasteiger charge is 2.32. The topological polar surface area (TPSA) is 71.5 Å². The monoisotopic (exact) mass is 290 g/mol. The summed E-state index contributed by atoms with van der Waals surface area (Å²) in [6, 6.07) is 3.06. The van der Waals surface area contributed by atoms with Gasteiger partial charge in [-0.25, -0.2) is 0 Å². The van der Waals surface area contributed by atoms with Crippen molar-refractivity contribution in [2.45, 2.75) is 37.8 Å². The van der Waals surface area contributed by atoms with Gasteiger partial charge in [-0.2, -0.15) is 5.10 Å². The van der Waals surface area contributed by atoms with Crippen LogP contribution in [0.2, 0.25) is 0 Å². The van der Waals surface area contributed by atoms with Crippen molar-refractivity contribution >= 4 is 5.96 Å². The van der Waals surface area contributed by atoms with Gasteiger partial charge in [0, 0.05) is 25.8 Å². The molecule has 0 amide bonds. The molecule has 0 bridgehead atoms. The van der Waals surface area contributed by atoms with Crippen molar-refractivity contribution < 1.29 is 0 Å². The lowest BCUT2D eigenvalue weighted by molar-refractivity contribution is 0.119. The number of nitrogens with two attached hydrogens (primary N) is 1. The van der Waals surface area contributed by atoms with E-state index < -0.39 is 0 Å². The Labute approximate surface area is 126 Å². The normalized spacial score (nSPS) is 27.8. The van der Waals surface area contributed by atoms with Crippen molar-refractivity contribution in [3.8, 4) is 0 Å². The molecule has 1 aromatic rings. The Morgan fingerprint density at radius 3 is 2.90 bits per heavy atom. The highest BCUT2D eigenvalue weighted by Crippen LogP contribution is 2.34. The van der Waals surface area contributed by atoms with Gasteiger partial charge in [0.15, 0.2) is 5.96 Å². The molecule has 6 nitrogen and oxygen atoms in total. The van der Waals surface area contributed by atoms with Gasteiger partial charge in [-0.15, -0.1) is 0 Å². The number of aromatic nitrogens is 2. The van der Waals surface area contributed by atoms with Crippen LogP contribution in [0.5, 0.6) is 0 Å². The molecule has 2 fully saturated rings. The number of hydrogen-bond donors (Lipinski definition) is 2. The zero-order valence-corrected chi connectivity index (χ0v) is 13.0. The molecule has 21 heavy (non-hydrogen) atoms. The predicted molar refractivity (Wildman–Crippen MR) is 84.0 cm³/mol. The van der Waals surface area contributed by atoms with Crippen LogP contribution in [0, 0.1) is 5.92 Å². The van der Waals surface area contributed by atoms with Crippen LogP contribution >= 0.6 is 0 Å². The SMILES string of the molecule is CN1CCC[C@@H](CN=C(N)NC2CC2)[C@@H]1c1ccnn1C. The lowest BCUT2D eigenvalue weighted by atomic mass is 9.87. The number of likely N-dealkylation sites (tertiary alicyclic amines) is 1. The first-order valence-corrected chi connectivity index (χ1v) is 7.89. The molecule has 2 heterocycles. The van der Waals surface area contributed by atoms with Crippen LogP contribution < -0.4 is 11.1 Å². The predicted octanol–water partition coefficient (Wildman–Crippen LogP) is 0.870. The van der Waals surface area contributed by atoms with Crippen molar-refractivity contribution in [2.24, 2.45) is 23.7 Å². The van der Waals surface area contributed by atoms with Gasteiger partial charge in [0.2, 0.25) is 0 Å². The molecule has 1 aliphatic heterocycles. The first-order chi connectivity index (χ1) is 10.1. The molecule has 2 atom stereocenters. The van der Waals surface area contributed by atoms with Gasteiger partial charge in [-0.3, -0.25) is 14.6 Å². The third kappa shape index (κ3) is 3.37. The minimum atomic E-state index is 0.378. The second-order valence-corrected chi connectivity index (χ2v) is 6.35. The molecule has 116 valence electrons. The van der Waals surface area contributed by atoms with Crippen LogP contribution in [0.4, 0.5) is 0 Å². The molecule has 1 saturated carbocycles. The maximum absolute atomic E-state index is 5.97. The van der Waals surface area contributed by atoms with Crippen molar-refractivity contribution in [2.75, 3.05) is 20.1 Å². The fraction of sp³-hybridized carbons (Fsp3) is 0.733. The summed E-state index contributed by atoms with van der Waals surface area (Å²) in [6.07, 6.45) is 6.74. The smallest absolute Gasteiger partial charge is 0.188 e. The van der Waals surface area contributed by atoms with Crippen LogP contribution in [0.15, 0.2) is 17.3 Å². The van der Waals surface area contributed by atoms with Crippen molar-refractivity contribution in [3.63, 3.8) is 0 Å². The minimum Gasteiger partial charge on any atom is -0.370 e. The van der Waals surface area contributed by atoms with Crippen LogP contribution in [0.1, 0.15) is 37.4 Å². The Morgan fingerprint density at radius 2 is 2.24 bits per heavy atom. The summed E-state index contributed by atoms with van der Waals surface area (Å²) < 4.78 is 1.98. The Kier molecular flexibility index (Phi) is 4.14. The van der Waals surface area contributed by atoms with Crippen LogP contribution in [-0.4, -0.2) is 46.8 Å². The molecule has 0 spiro atoms. The van der Waals surface area contributed by atoms with E-state index in [9.17, 15) is 0 Å². The second kappa shape index (κ2) is 6.05. The molecule has 1 aliphatic carbocycles. The fourth-order valence-electron chi connectivity index (χ4n) is 3.29. The molecular formula is C15H26N6. The van der Waals surface area contributed by atoms with Crippen molar-refractivity contribution in [1.82, 2.24) is 20.0 Å². The van der Waals surface area contributed by atoms with E-state index in [1.54, 1.807) is 0 Å². The molecular weight excluding hydrogens is 264 g/mol. The zero-order valence-electron chi connectivity index (χ0n) is 13.0. The van der Waals surface area contributed by atoms with Crippen LogP contribution in [0.25, 0.3) is 0 Å². The highest BCUT2D eigenvalue weighted by molar-refractivity contribution is 5.78. The number of rotatable bonds is 4. The lowest BCUT2D eigenvalue weighted by Crippen LogP contribution is -2.39. The average Bonchev–Trinajstić information content (AvgIpc) is 3.17. The first kappa shape index (κ1) is 14.4. The summed E-state index contributed by atoms with van der Waals surface area (Å²) in [6.45, 7) is 1.91. The van der Waals surface area contributed by atoms with E-state index in [4.69, 9.17) is 5.73 Å². The third-order valence-electron chi connectivity index (χ3n) is 4.59. The molecule has 0 unspecified atom stereocenters. The standard InChI is InChI=1S/C15H26N6/c1-20-9-3-4-11(10-17-15(16)19-12-5-6-12)14(20)13-7-8-18-21(13)2/h7-8,11-12,14H,3-6,9-10H2,1-2H3,(H3,16,17,19)/t11-,14+/m0/s1. The van der Waals surface area contributed by atoms with E-state index in [1.165, 1.54) is 31.4 Å². The van der Waals surface area contributed by atoms with Crippen molar-refractivity contribution in [1.29, 1.82) is 0 Å². The summed E-state index contributed by atoms with van der Waals surface area (Å²) >= 11 is 0.